The van der Waals surface area contributed by atoms with Crippen molar-refractivity contribution in [3.05, 3.63) is 24.2 Å². The number of likely N-dealkylation sites (tertiary alicyclic amines) is 1. The molecule has 0 spiro atoms. The van der Waals surface area contributed by atoms with E-state index in [1.54, 1.807) is 0 Å². The first-order valence-electron chi connectivity index (χ1n) is 6.63. The van der Waals surface area contributed by atoms with Crippen molar-refractivity contribution in [3.8, 4) is 0 Å². The van der Waals surface area contributed by atoms with Crippen LogP contribution in [-0.2, 0) is 6.05 Å². The number of carbonyl (C=O) groups excluding carboxylic acids is 1. The van der Waals surface area contributed by atoms with Gasteiger partial charge in [0.1, 0.15) is 5.69 Å². The predicted octanol–water partition coefficient (Wildman–Crippen LogP) is 2.48. The Bertz CT molecular complexity index is 735. The van der Waals surface area contributed by atoms with Gasteiger partial charge in [-0.15, -0.1) is 0 Å². The molecule has 9 heteroatoms. The van der Waals surface area contributed by atoms with Gasteiger partial charge in [-0.1, -0.05) is 6.92 Å². The Hall–Kier alpha value is -2.19. The summed E-state index contributed by atoms with van der Waals surface area (Å²) in [6, 6.07) is -2.04. The van der Waals surface area contributed by atoms with Gasteiger partial charge in [0.2, 0.25) is 0 Å². The Labute approximate surface area is 122 Å². The van der Waals surface area contributed by atoms with Crippen molar-refractivity contribution in [3.63, 3.8) is 0 Å². The molecule has 0 radical (unpaired) electrons. The normalized spacial score (nSPS) is 17.6. The molecule has 1 amide bonds. The summed E-state index contributed by atoms with van der Waals surface area (Å²) in [5, 5.41) is 3.97. The van der Waals surface area contributed by atoms with Crippen LogP contribution in [0.5, 0.6) is 0 Å². The van der Waals surface area contributed by atoms with E-state index in [4.69, 9.17) is 0 Å². The fourth-order valence-corrected chi connectivity index (χ4v) is 2.27. The summed E-state index contributed by atoms with van der Waals surface area (Å²) < 4.78 is 53.7. The van der Waals surface area contributed by atoms with Crippen molar-refractivity contribution in [1.82, 2.24) is 19.7 Å². The minimum atomic E-state index is -3.20. The first kappa shape index (κ1) is 14.7. The van der Waals surface area contributed by atoms with Crippen LogP contribution >= 0.6 is 0 Å². The quantitative estimate of drug-likeness (QED) is 0.818. The van der Waals surface area contributed by atoms with Crippen molar-refractivity contribution in [1.29, 1.82) is 0 Å². The molecule has 0 aromatic carbocycles. The highest BCUT2D eigenvalue weighted by Crippen LogP contribution is 2.30. The minimum absolute atomic E-state index is 0.0393. The molecule has 0 unspecified atom stereocenters. The second-order valence-corrected chi connectivity index (χ2v) is 5.22. The summed E-state index contributed by atoms with van der Waals surface area (Å²) in [6.45, 7) is -0.0607. The topological polar surface area (TPSA) is 51.0 Å². The molecule has 2 aromatic heterocycles. The molecule has 3 heterocycles. The fourth-order valence-electron chi connectivity index (χ4n) is 2.27. The molecule has 1 saturated heterocycles. The molecule has 0 aliphatic carbocycles. The zero-order chi connectivity index (χ0) is 16.1. The number of halogens is 4. The molecular weight excluding hydrogens is 304 g/mol. The average Bonchev–Trinajstić information content (AvgIpc) is 2.87. The van der Waals surface area contributed by atoms with Gasteiger partial charge in [0.25, 0.3) is 11.8 Å². The lowest BCUT2D eigenvalue weighted by atomic mass is 10.1. The Balaban J connectivity index is 1.96. The lowest BCUT2D eigenvalue weighted by Crippen LogP contribution is -2.58. The van der Waals surface area contributed by atoms with E-state index in [0.717, 1.165) is 11.0 Å². The fraction of sp³-hybridized carbons (Fsp3) is 0.462. The Kier molecular flexibility index (Phi) is 3.12. The van der Waals surface area contributed by atoms with Crippen LogP contribution in [0, 0.1) is 0 Å². The molecule has 1 aliphatic heterocycles. The number of hydrogen-bond acceptors (Lipinski definition) is 3. The van der Waals surface area contributed by atoms with E-state index >= 15 is 0 Å². The van der Waals surface area contributed by atoms with Gasteiger partial charge < -0.3 is 4.90 Å². The maximum absolute atomic E-state index is 13.8. The van der Waals surface area contributed by atoms with Crippen molar-refractivity contribution < 1.29 is 22.4 Å². The van der Waals surface area contributed by atoms with E-state index in [2.05, 4.69) is 10.1 Å². The van der Waals surface area contributed by atoms with Gasteiger partial charge in [-0.3, -0.25) is 9.78 Å². The Morgan fingerprint density at radius 3 is 2.64 bits per heavy atom. The molecule has 5 nitrogen and oxygen atoms in total. The first-order chi connectivity index (χ1) is 10.2. The summed E-state index contributed by atoms with van der Waals surface area (Å²) in [5.74, 6) is -3.60. The molecule has 1 aliphatic rings. The third-order valence-electron chi connectivity index (χ3n) is 3.54. The number of pyridine rings is 1. The molecule has 0 saturated carbocycles. The molecule has 118 valence electrons. The number of fused-ring (bicyclic) bond motifs is 1. The number of nitrogens with zero attached hydrogens (tertiary/aromatic N) is 4. The van der Waals surface area contributed by atoms with Gasteiger partial charge in [-0.25, -0.2) is 13.5 Å². The molecule has 2 aromatic rings. The van der Waals surface area contributed by atoms with E-state index in [9.17, 15) is 22.4 Å². The average molecular weight is 316 g/mol. The molecule has 0 bridgehead atoms. The van der Waals surface area contributed by atoms with E-state index in [1.807, 2.05) is 0 Å². The van der Waals surface area contributed by atoms with Crippen LogP contribution in [0.1, 0.15) is 23.8 Å². The maximum Gasteiger partial charge on any atom is 0.343 e. The summed E-state index contributed by atoms with van der Waals surface area (Å²) in [6.07, 6.45) is 1.99. The van der Waals surface area contributed by atoms with Crippen LogP contribution in [0.2, 0.25) is 0 Å². The van der Waals surface area contributed by atoms with Crippen molar-refractivity contribution in [2.24, 2.45) is 0 Å². The number of alkyl halides is 4. The minimum Gasteiger partial charge on any atom is -0.325 e. The third-order valence-corrected chi connectivity index (χ3v) is 3.54. The van der Waals surface area contributed by atoms with E-state index < -0.39 is 37.4 Å². The highest BCUT2D eigenvalue weighted by molar-refractivity contribution is 5.96. The smallest absolute Gasteiger partial charge is 0.325 e. The molecule has 0 atom stereocenters. The summed E-state index contributed by atoms with van der Waals surface area (Å²) in [5.41, 5.74) is -0.117. The highest BCUT2D eigenvalue weighted by atomic mass is 19.3. The van der Waals surface area contributed by atoms with Crippen LogP contribution in [0.4, 0.5) is 17.6 Å². The zero-order valence-electron chi connectivity index (χ0n) is 11.6. The number of hydrogen-bond donors (Lipinski definition) is 0. The summed E-state index contributed by atoms with van der Waals surface area (Å²) in [4.78, 5) is 16.8. The second-order valence-electron chi connectivity index (χ2n) is 5.22. The summed E-state index contributed by atoms with van der Waals surface area (Å²) >= 11 is 0. The first-order valence-corrected chi connectivity index (χ1v) is 6.63. The van der Waals surface area contributed by atoms with Gasteiger partial charge in [0, 0.05) is 18.0 Å². The van der Waals surface area contributed by atoms with Crippen molar-refractivity contribution in [2.75, 3.05) is 13.1 Å². The molecule has 22 heavy (non-hydrogen) atoms. The van der Waals surface area contributed by atoms with Crippen LogP contribution in [0.25, 0.3) is 10.9 Å². The maximum atomic E-state index is 13.8. The Morgan fingerprint density at radius 1 is 1.36 bits per heavy atom. The van der Waals surface area contributed by atoms with Crippen molar-refractivity contribution in [2.45, 2.75) is 25.3 Å². The largest absolute Gasteiger partial charge is 0.343 e. The van der Waals surface area contributed by atoms with Gasteiger partial charge in [-0.05, 0) is 6.07 Å². The number of rotatable bonds is 3. The third kappa shape index (κ3) is 2.30. The standard InChI is InChI=1S/C13H12F4N4O/c1-2-13(16,17)21-10-3-9(18-4-8(10)5-19-21)11(22)20-6-12(14,15)7-20/h3-5H,2,6-7H2,1H3. The van der Waals surface area contributed by atoms with Gasteiger partial charge in [-0.2, -0.15) is 13.9 Å². The highest BCUT2D eigenvalue weighted by Gasteiger charge is 2.46. The number of carbonyl (C=O) groups is 1. The predicted molar refractivity (Wildman–Crippen MR) is 68.9 cm³/mol. The number of aromatic nitrogens is 3. The molecule has 3 rings (SSSR count). The SMILES string of the molecule is CCC(F)(F)n1ncc2cnc(C(=O)N3CC(F)(F)C3)cc21. The van der Waals surface area contributed by atoms with E-state index in [1.165, 1.54) is 19.3 Å². The van der Waals surface area contributed by atoms with Crippen LogP contribution < -0.4 is 0 Å². The lowest BCUT2D eigenvalue weighted by molar-refractivity contribution is -0.113. The lowest BCUT2D eigenvalue weighted by Gasteiger charge is -2.38. The van der Waals surface area contributed by atoms with Gasteiger partial charge in [0.15, 0.2) is 0 Å². The monoisotopic (exact) mass is 316 g/mol. The van der Waals surface area contributed by atoms with Crippen LogP contribution in [0.15, 0.2) is 18.5 Å². The van der Waals surface area contributed by atoms with Gasteiger partial charge >= 0.3 is 6.05 Å². The van der Waals surface area contributed by atoms with E-state index in [0.29, 0.717) is 10.1 Å². The van der Waals surface area contributed by atoms with Crippen LogP contribution in [-0.4, -0.2) is 44.6 Å². The zero-order valence-corrected chi connectivity index (χ0v) is 11.6. The second kappa shape index (κ2) is 4.65. The molecular formula is C13H12F4N4O. The molecule has 0 N–H and O–H groups in total. The van der Waals surface area contributed by atoms with Crippen LogP contribution in [0.3, 0.4) is 0 Å². The molecule has 1 fully saturated rings. The van der Waals surface area contributed by atoms with Crippen molar-refractivity contribution >= 4 is 16.8 Å². The van der Waals surface area contributed by atoms with Gasteiger partial charge in [0.05, 0.1) is 24.8 Å². The summed E-state index contributed by atoms with van der Waals surface area (Å²) in [7, 11) is 0. The van der Waals surface area contributed by atoms with E-state index in [-0.39, 0.29) is 11.2 Å². The number of amides is 1. The Morgan fingerprint density at radius 2 is 2.05 bits per heavy atom.